The number of carbonyl (C=O) groups excluding carboxylic acids is 3. The highest BCUT2D eigenvalue weighted by Crippen LogP contribution is 2.27. The SMILES string of the molecule is [CH2]C(=O)C(C)CC(=O)C(C)(C)CCCC(C)=O. The molecule has 0 aliphatic heterocycles. The van der Waals surface area contributed by atoms with Crippen molar-refractivity contribution < 1.29 is 14.4 Å². The van der Waals surface area contributed by atoms with Gasteiger partial charge in [-0.05, 0) is 19.8 Å². The minimum Gasteiger partial charge on any atom is -0.300 e. The highest BCUT2D eigenvalue weighted by Gasteiger charge is 2.28. The average Bonchev–Trinajstić information content (AvgIpc) is 2.16. The summed E-state index contributed by atoms with van der Waals surface area (Å²) in [5, 5.41) is 0. The van der Waals surface area contributed by atoms with Gasteiger partial charge in [-0.3, -0.25) is 9.59 Å². The Bertz CT molecular complexity index is 303. The van der Waals surface area contributed by atoms with Gasteiger partial charge in [0.1, 0.15) is 17.3 Å². The monoisotopic (exact) mass is 239 g/mol. The second-order valence-electron chi connectivity index (χ2n) is 5.43. The zero-order valence-corrected chi connectivity index (χ0v) is 11.3. The molecule has 0 spiro atoms. The molecule has 0 bridgehead atoms. The van der Waals surface area contributed by atoms with Crippen LogP contribution in [0.4, 0.5) is 0 Å². The van der Waals surface area contributed by atoms with Crippen LogP contribution in [-0.4, -0.2) is 17.3 Å². The summed E-state index contributed by atoms with van der Waals surface area (Å²) >= 11 is 0. The highest BCUT2D eigenvalue weighted by atomic mass is 16.1. The third-order valence-corrected chi connectivity index (χ3v) is 3.13. The summed E-state index contributed by atoms with van der Waals surface area (Å²) in [5.41, 5.74) is -0.459. The van der Waals surface area contributed by atoms with Gasteiger partial charge in [-0.25, -0.2) is 0 Å². The van der Waals surface area contributed by atoms with Gasteiger partial charge in [0.2, 0.25) is 0 Å². The van der Waals surface area contributed by atoms with Crippen molar-refractivity contribution >= 4 is 17.3 Å². The van der Waals surface area contributed by atoms with E-state index < -0.39 is 5.41 Å². The van der Waals surface area contributed by atoms with Crippen LogP contribution in [0.3, 0.4) is 0 Å². The molecule has 0 aliphatic carbocycles. The van der Waals surface area contributed by atoms with Gasteiger partial charge in [0.25, 0.3) is 0 Å². The van der Waals surface area contributed by atoms with Crippen molar-refractivity contribution in [1.82, 2.24) is 0 Å². The zero-order chi connectivity index (χ0) is 13.6. The van der Waals surface area contributed by atoms with Gasteiger partial charge in [0, 0.05) is 31.1 Å². The zero-order valence-electron chi connectivity index (χ0n) is 11.3. The maximum Gasteiger partial charge on any atom is 0.139 e. The molecule has 17 heavy (non-hydrogen) atoms. The minimum atomic E-state index is -0.459. The molecule has 0 N–H and O–H groups in total. The van der Waals surface area contributed by atoms with Crippen LogP contribution in [-0.2, 0) is 14.4 Å². The lowest BCUT2D eigenvalue weighted by molar-refractivity contribution is -0.131. The van der Waals surface area contributed by atoms with Gasteiger partial charge in [-0.2, -0.15) is 0 Å². The predicted octanol–water partition coefficient (Wildman–Crippen LogP) is 2.77. The average molecular weight is 239 g/mol. The lowest BCUT2D eigenvalue weighted by Crippen LogP contribution is -2.27. The first-order valence-electron chi connectivity index (χ1n) is 6.05. The molecule has 3 heteroatoms. The third-order valence-electron chi connectivity index (χ3n) is 3.13. The molecule has 97 valence electrons. The van der Waals surface area contributed by atoms with Crippen LogP contribution in [0, 0.1) is 18.3 Å². The Morgan fingerprint density at radius 1 is 1.24 bits per heavy atom. The topological polar surface area (TPSA) is 51.2 Å². The first-order chi connectivity index (χ1) is 7.66. The maximum absolute atomic E-state index is 12.0. The van der Waals surface area contributed by atoms with E-state index in [9.17, 15) is 14.4 Å². The lowest BCUT2D eigenvalue weighted by Gasteiger charge is -2.24. The summed E-state index contributed by atoms with van der Waals surface area (Å²) in [4.78, 5) is 33.8. The maximum atomic E-state index is 12.0. The number of ketones is 3. The largest absolute Gasteiger partial charge is 0.300 e. The predicted molar refractivity (Wildman–Crippen MR) is 67.5 cm³/mol. The van der Waals surface area contributed by atoms with Crippen LogP contribution in [0.2, 0.25) is 0 Å². The molecule has 1 atom stereocenters. The molecule has 0 heterocycles. The van der Waals surface area contributed by atoms with Crippen molar-refractivity contribution in [3.05, 3.63) is 6.92 Å². The van der Waals surface area contributed by atoms with Crippen molar-refractivity contribution in [2.75, 3.05) is 0 Å². The van der Waals surface area contributed by atoms with Crippen LogP contribution in [0.25, 0.3) is 0 Å². The van der Waals surface area contributed by atoms with Crippen LogP contribution >= 0.6 is 0 Å². The second-order valence-corrected chi connectivity index (χ2v) is 5.43. The van der Waals surface area contributed by atoms with E-state index in [1.807, 2.05) is 13.8 Å². The quantitative estimate of drug-likeness (QED) is 0.654. The van der Waals surface area contributed by atoms with Gasteiger partial charge < -0.3 is 4.79 Å². The summed E-state index contributed by atoms with van der Waals surface area (Å²) in [6.45, 7) is 10.3. The minimum absolute atomic E-state index is 0.0746. The fraction of sp³-hybridized carbons (Fsp3) is 0.714. The van der Waals surface area contributed by atoms with Crippen LogP contribution in [0.1, 0.15) is 53.4 Å². The Kier molecular flexibility index (Phi) is 6.29. The van der Waals surface area contributed by atoms with E-state index >= 15 is 0 Å². The molecule has 0 aliphatic rings. The van der Waals surface area contributed by atoms with Crippen molar-refractivity contribution in [2.45, 2.75) is 53.4 Å². The fourth-order valence-electron chi connectivity index (χ4n) is 1.59. The standard InChI is InChI=1S/C14H23O3/c1-10(12(3)16)9-13(17)14(4,5)8-6-7-11(2)15/h10H,3,6-9H2,1-2,4-5H3. The Morgan fingerprint density at radius 2 is 1.76 bits per heavy atom. The van der Waals surface area contributed by atoms with E-state index in [1.165, 1.54) is 0 Å². The molecule has 0 fully saturated rings. The van der Waals surface area contributed by atoms with Crippen molar-refractivity contribution in [1.29, 1.82) is 0 Å². The third kappa shape index (κ3) is 6.35. The van der Waals surface area contributed by atoms with Gasteiger partial charge in [-0.15, -0.1) is 0 Å². The number of hydrogen-bond acceptors (Lipinski definition) is 3. The molecule has 0 aromatic rings. The van der Waals surface area contributed by atoms with E-state index in [0.29, 0.717) is 12.8 Å². The number of carbonyl (C=O) groups is 3. The molecule has 1 unspecified atom stereocenters. The second kappa shape index (κ2) is 6.67. The van der Waals surface area contributed by atoms with Crippen LogP contribution < -0.4 is 0 Å². The van der Waals surface area contributed by atoms with E-state index in [4.69, 9.17) is 0 Å². The molecule has 1 radical (unpaired) electrons. The summed E-state index contributed by atoms with van der Waals surface area (Å²) in [7, 11) is 0. The normalized spacial score (nSPS) is 13.2. The molecule has 0 rings (SSSR count). The van der Waals surface area contributed by atoms with Gasteiger partial charge in [0.15, 0.2) is 0 Å². The van der Waals surface area contributed by atoms with Crippen LogP contribution in [0.5, 0.6) is 0 Å². The highest BCUT2D eigenvalue weighted by molar-refractivity contribution is 5.92. The Balaban J connectivity index is 4.24. The molecule has 0 aromatic carbocycles. The first kappa shape index (κ1) is 16.0. The molecular formula is C14H23O3. The summed E-state index contributed by atoms with van der Waals surface area (Å²) in [6.07, 6.45) is 2.17. The summed E-state index contributed by atoms with van der Waals surface area (Å²) in [6, 6.07) is 0. The van der Waals surface area contributed by atoms with E-state index in [-0.39, 0.29) is 29.7 Å². The van der Waals surface area contributed by atoms with E-state index in [2.05, 4.69) is 6.92 Å². The van der Waals surface area contributed by atoms with E-state index in [1.54, 1.807) is 13.8 Å². The molecule has 0 amide bonds. The molecule has 0 saturated heterocycles. The Hall–Kier alpha value is -0.990. The summed E-state index contributed by atoms with van der Waals surface area (Å²) in [5.74, 6) is -0.285. The van der Waals surface area contributed by atoms with Gasteiger partial charge in [0.05, 0.1) is 0 Å². The molecular weight excluding hydrogens is 216 g/mol. The lowest BCUT2D eigenvalue weighted by atomic mass is 9.79. The molecule has 3 nitrogen and oxygen atoms in total. The van der Waals surface area contributed by atoms with Crippen molar-refractivity contribution in [2.24, 2.45) is 11.3 Å². The van der Waals surface area contributed by atoms with Gasteiger partial charge in [-0.1, -0.05) is 20.8 Å². The van der Waals surface area contributed by atoms with Crippen molar-refractivity contribution in [3.8, 4) is 0 Å². The van der Waals surface area contributed by atoms with Gasteiger partial charge >= 0.3 is 0 Å². The summed E-state index contributed by atoms with van der Waals surface area (Å²) < 4.78 is 0. The van der Waals surface area contributed by atoms with E-state index in [0.717, 1.165) is 6.42 Å². The Morgan fingerprint density at radius 3 is 2.18 bits per heavy atom. The molecule has 0 saturated carbocycles. The van der Waals surface area contributed by atoms with Crippen LogP contribution in [0.15, 0.2) is 0 Å². The number of Topliss-reactive ketones (excluding diaryl/α,β-unsaturated/α-hetero) is 3. The smallest absolute Gasteiger partial charge is 0.139 e. The Labute approximate surface area is 104 Å². The number of hydrogen-bond donors (Lipinski definition) is 0. The molecule has 0 aromatic heterocycles. The fourth-order valence-corrected chi connectivity index (χ4v) is 1.59. The number of rotatable bonds is 8. The van der Waals surface area contributed by atoms with Crippen molar-refractivity contribution in [3.63, 3.8) is 0 Å². The first-order valence-corrected chi connectivity index (χ1v) is 6.05.